The summed E-state index contributed by atoms with van der Waals surface area (Å²) in [5.74, 6) is -0.0398. The third kappa shape index (κ3) is 4.82. The quantitative estimate of drug-likeness (QED) is 0.505. The molecule has 0 aliphatic heterocycles. The molecule has 0 spiro atoms. The Kier molecular flexibility index (Phi) is 7.28. The van der Waals surface area contributed by atoms with Gasteiger partial charge in [0.25, 0.3) is 15.9 Å². The second kappa shape index (κ2) is 9.77. The average molecular weight is 493 g/mol. The van der Waals surface area contributed by atoms with Gasteiger partial charge in [-0.25, -0.2) is 13.4 Å². The summed E-state index contributed by atoms with van der Waals surface area (Å²) in [4.78, 5) is 18.8. The summed E-state index contributed by atoms with van der Waals surface area (Å²) in [6.45, 7) is 1.89. The van der Waals surface area contributed by atoms with Gasteiger partial charge < -0.3 is 10.2 Å². The fraction of sp³-hybridized carbons (Fsp3) is 0.182. The maximum atomic E-state index is 13.4. The van der Waals surface area contributed by atoms with Crippen LogP contribution in [0.1, 0.15) is 17.3 Å². The van der Waals surface area contributed by atoms with Gasteiger partial charge in [0.05, 0.1) is 27.0 Å². The molecular formula is C22H22Cl2N4O3S. The Bertz CT molecular complexity index is 1240. The molecule has 168 valence electrons. The summed E-state index contributed by atoms with van der Waals surface area (Å²) in [5, 5.41) is 2.70. The number of anilines is 3. The topological polar surface area (TPSA) is 82.6 Å². The normalized spacial score (nSPS) is 11.2. The molecule has 0 saturated heterocycles. The molecule has 7 nitrogen and oxygen atoms in total. The first-order chi connectivity index (χ1) is 15.2. The summed E-state index contributed by atoms with van der Waals surface area (Å²) < 4.78 is 28.1. The molecule has 0 bridgehead atoms. The molecule has 32 heavy (non-hydrogen) atoms. The number of aromatic nitrogens is 1. The molecule has 0 aliphatic carbocycles. The third-order valence-corrected chi connectivity index (χ3v) is 7.30. The van der Waals surface area contributed by atoms with E-state index in [9.17, 15) is 13.2 Å². The van der Waals surface area contributed by atoms with E-state index < -0.39 is 15.9 Å². The van der Waals surface area contributed by atoms with Crippen molar-refractivity contribution in [2.24, 2.45) is 0 Å². The number of sulfonamides is 1. The van der Waals surface area contributed by atoms with Gasteiger partial charge in [0.2, 0.25) is 0 Å². The van der Waals surface area contributed by atoms with Crippen molar-refractivity contribution in [2.75, 3.05) is 35.2 Å². The minimum atomic E-state index is -4.06. The zero-order valence-corrected chi connectivity index (χ0v) is 20.0. The summed E-state index contributed by atoms with van der Waals surface area (Å²) in [6, 6.07) is 14.5. The Balaban J connectivity index is 2.03. The number of carbonyl (C=O) groups excluding carboxylic acids is 1. The van der Waals surface area contributed by atoms with E-state index in [-0.39, 0.29) is 27.0 Å². The number of pyridine rings is 1. The van der Waals surface area contributed by atoms with E-state index in [1.165, 1.54) is 16.4 Å². The highest BCUT2D eigenvalue weighted by atomic mass is 35.5. The van der Waals surface area contributed by atoms with Gasteiger partial charge in [-0.3, -0.25) is 9.10 Å². The van der Waals surface area contributed by atoms with Crippen molar-refractivity contribution in [3.05, 3.63) is 76.4 Å². The van der Waals surface area contributed by atoms with E-state index >= 15 is 0 Å². The maximum absolute atomic E-state index is 13.4. The SMILES string of the molecule is CCN(c1ccccc1)S(=O)(=O)c1cc(C(=O)Nc2cccnc2N(C)C)c(Cl)cc1Cl. The molecular weight excluding hydrogens is 471 g/mol. The summed E-state index contributed by atoms with van der Waals surface area (Å²) in [7, 11) is -0.475. The van der Waals surface area contributed by atoms with Gasteiger partial charge in [-0.2, -0.15) is 0 Å². The molecule has 10 heteroatoms. The monoisotopic (exact) mass is 492 g/mol. The van der Waals surface area contributed by atoms with Crippen molar-refractivity contribution in [1.29, 1.82) is 0 Å². The molecule has 0 radical (unpaired) electrons. The number of hydrogen-bond donors (Lipinski definition) is 1. The van der Waals surface area contributed by atoms with E-state index in [1.807, 2.05) is 0 Å². The van der Waals surface area contributed by atoms with Crippen LogP contribution in [0, 0.1) is 0 Å². The van der Waals surface area contributed by atoms with E-state index in [2.05, 4.69) is 10.3 Å². The first-order valence-corrected chi connectivity index (χ1v) is 11.9. The Morgan fingerprint density at radius 3 is 2.34 bits per heavy atom. The van der Waals surface area contributed by atoms with Gasteiger partial charge in [-0.05, 0) is 43.3 Å². The molecule has 1 heterocycles. The fourth-order valence-corrected chi connectivity index (χ4v) is 5.46. The van der Waals surface area contributed by atoms with Crippen LogP contribution in [-0.4, -0.2) is 39.9 Å². The largest absolute Gasteiger partial charge is 0.361 e. The van der Waals surface area contributed by atoms with Crippen LogP contribution in [0.15, 0.2) is 65.7 Å². The molecule has 3 aromatic rings. The first-order valence-electron chi connectivity index (χ1n) is 9.67. The molecule has 0 aliphatic rings. The summed E-state index contributed by atoms with van der Waals surface area (Å²) >= 11 is 12.5. The highest BCUT2D eigenvalue weighted by Gasteiger charge is 2.28. The Morgan fingerprint density at radius 2 is 1.72 bits per heavy atom. The lowest BCUT2D eigenvalue weighted by Gasteiger charge is -2.24. The zero-order chi connectivity index (χ0) is 23.5. The second-order valence-corrected chi connectivity index (χ2v) is 9.64. The van der Waals surface area contributed by atoms with Crippen molar-refractivity contribution in [3.8, 4) is 0 Å². The van der Waals surface area contributed by atoms with Crippen LogP contribution in [0.4, 0.5) is 17.2 Å². The van der Waals surface area contributed by atoms with Gasteiger partial charge in [-0.1, -0.05) is 41.4 Å². The van der Waals surface area contributed by atoms with Crippen LogP contribution in [0.3, 0.4) is 0 Å². The number of halogens is 2. The van der Waals surface area contributed by atoms with E-state index in [1.54, 1.807) is 74.6 Å². The lowest BCUT2D eigenvalue weighted by molar-refractivity contribution is 0.102. The van der Waals surface area contributed by atoms with Crippen molar-refractivity contribution in [3.63, 3.8) is 0 Å². The van der Waals surface area contributed by atoms with E-state index in [0.717, 1.165) is 0 Å². The number of nitrogens with one attached hydrogen (secondary N) is 1. The van der Waals surface area contributed by atoms with Gasteiger partial charge in [0.15, 0.2) is 5.82 Å². The van der Waals surface area contributed by atoms with Gasteiger partial charge in [-0.15, -0.1) is 0 Å². The van der Waals surface area contributed by atoms with Crippen LogP contribution in [0.2, 0.25) is 10.0 Å². The minimum absolute atomic E-state index is 0.0210. The molecule has 0 unspecified atom stereocenters. The summed E-state index contributed by atoms with van der Waals surface area (Å²) in [5.41, 5.74) is 0.919. The molecule has 1 aromatic heterocycles. The van der Waals surface area contributed by atoms with Gasteiger partial charge >= 0.3 is 0 Å². The predicted octanol–water partition coefficient (Wildman–Crippen LogP) is 4.92. The minimum Gasteiger partial charge on any atom is -0.361 e. The number of nitrogens with zero attached hydrogens (tertiary/aromatic N) is 3. The first kappa shape index (κ1) is 23.8. The Morgan fingerprint density at radius 1 is 1.03 bits per heavy atom. The van der Waals surface area contributed by atoms with Crippen LogP contribution < -0.4 is 14.5 Å². The predicted molar refractivity (Wildman–Crippen MR) is 130 cm³/mol. The van der Waals surface area contributed by atoms with Crippen LogP contribution in [-0.2, 0) is 10.0 Å². The second-order valence-electron chi connectivity index (χ2n) is 6.99. The molecule has 0 fully saturated rings. The smallest absolute Gasteiger partial charge is 0.265 e. The lowest BCUT2D eigenvalue weighted by atomic mass is 10.2. The van der Waals surface area contributed by atoms with Gasteiger partial charge in [0.1, 0.15) is 4.90 Å². The summed E-state index contributed by atoms with van der Waals surface area (Å²) in [6.07, 6.45) is 1.61. The number of rotatable bonds is 7. The molecule has 2 aromatic carbocycles. The zero-order valence-electron chi connectivity index (χ0n) is 17.7. The van der Waals surface area contributed by atoms with Crippen molar-refractivity contribution in [2.45, 2.75) is 11.8 Å². The van der Waals surface area contributed by atoms with Crippen LogP contribution in [0.25, 0.3) is 0 Å². The fourth-order valence-electron chi connectivity index (χ4n) is 3.15. The van der Waals surface area contributed by atoms with Gasteiger partial charge in [0, 0.05) is 26.8 Å². The highest BCUT2D eigenvalue weighted by molar-refractivity contribution is 7.93. The van der Waals surface area contributed by atoms with Crippen molar-refractivity contribution < 1.29 is 13.2 Å². The molecule has 1 N–H and O–H groups in total. The molecule has 3 rings (SSSR count). The number of hydrogen-bond acceptors (Lipinski definition) is 5. The highest BCUT2D eigenvalue weighted by Crippen LogP contribution is 2.33. The third-order valence-electron chi connectivity index (χ3n) is 4.62. The van der Waals surface area contributed by atoms with Crippen molar-refractivity contribution >= 4 is 56.3 Å². The van der Waals surface area contributed by atoms with Crippen LogP contribution in [0.5, 0.6) is 0 Å². The van der Waals surface area contributed by atoms with E-state index in [4.69, 9.17) is 23.2 Å². The Hall–Kier alpha value is -2.81. The molecule has 1 amide bonds. The number of para-hydroxylation sites is 1. The number of amides is 1. The number of carbonyl (C=O) groups is 1. The van der Waals surface area contributed by atoms with Crippen LogP contribution >= 0.6 is 23.2 Å². The molecule has 0 atom stereocenters. The molecule has 0 saturated carbocycles. The lowest BCUT2D eigenvalue weighted by Crippen LogP contribution is -2.31. The average Bonchev–Trinajstić information content (AvgIpc) is 2.74. The van der Waals surface area contributed by atoms with E-state index in [0.29, 0.717) is 17.2 Å². The Labute approximate surface area is 197 Å². The van der Waals surface area contributed by atoms with Crippen molar-refractivity contribution in [1.82, 2.24) is 4.98 Å². The number of benzene rings is 2. The standard InChI is InChI=1S/C22H22Cl2N4O3S/c1-4-28(15-9-6-5-7-10-15)32(30,31)20-13-16(17(23)14-18(20)24)22(29)26-19-11-8-12-25-21(19)27(2)3/h5-14H,4H2,1-3H3,(H,26,29). The maximum Gasteiger partial charge on any atom is 0.265 e.